The molecular formula is C31H20ClF3N6O4S. The quantitative estimate of drug-likeness (QED) is 0.197. The van der Waals surface area contributed by atoms with E-state index in [1.54, 1.807) is 37.3 Å². The number of aryl methyl sites for hydroxylation is 2. The average Bonchev–Trinajstić information content (AvgIpc) is 3.68. The number of nitrogens with zero attached hydrogens (tertiary/aromatic N) is 6. The van der Waals surface area contributed by atoms with E-state index in [0.717, 1.165) is 10.7 Å². The number of halogens is 4. The molecule has 0 aliphatic rings. The van der Waals surface area contributed by atoms with Crippen LogP contribution in [0.5, 0.6) is 5.75 Å². The van der Waals surface area contributed by atoms with Crippen molar-refractivity contribution < 1.29 is 27.8 Å². The van der Waals surface area contributed by atoms with Crippen LogP contribution in [0.15, 0.2) is 59.0 Å². The number of aromatic carboxylic acids is 1. The zero-order chi connectivity index (χ0) is 32.9. The number of rotatable bonds is 7. The molecule has 0 spiro atoms. The molecule has 0 bridgehead atoms. The molecule has 0 saturated carbocycles. The van der Waals surface area contributed by atoms with Crippen molar-refractivity contribution in [2.75, 3.05) is 6.61 Å². The number of ether oxygens (including phenoxy) is 1. The molecule has 0 radical (unpaired) electrons. The molecule has 0 unspecified atom stereocenters. The number of carboxylic acids is 1. The first kappa shape index (κ1) is 30.8. The minimum atomic E-state index is -4.85. The predicted molar refractivity (Wildman–Crippen MR) is 165 cm³/mol. The summed E-state index contributed by atoms with van der Waals surface area (Å²) in [5, 5.41) is 25.1. The number of hydrogen-bond acceptors (Lipinski definition) is 8. The number of nitriles is 1. The number of carboxylic acid groups (broad SMARTS) is 1. The lowest BCUT2D eigenvalue weighted by molar-refractivity contribution is -0.137. The summed E-state index contributed by atoms with van der Waals surface area (Å²) in [5.74, 6) is -0.601. The van der Waals surface area contributed by atoms with Gasteiger partial charge in [-0.1, -0.05) is 11.6 Å². The molecule has 0 aliphatic heterocycles. The van der Waals surface area contributed by atoms with Crippen molar-refractivity contribution in [2.24, 2.45) is 0 Å². The highest BCUT2D eigenvalue weighted by molar-refractivity contribution is 7.18. The van der Waals surface area contributed by atoms with Gasteiger partial charge >= 0.3 is 12.1 Å². The largest absolute Gasteiger partial charge is 0.491 e. The topological polar surface area (TPSA) is 136 Å². The Kier molecular flexibility index (Phi) is 7.75. The van der Waals surface area contributed by atoms with Gasteiger partial charge < -0.3 is 9.84 Å². The van der Waals surface area contributed by atoms with Crippen molar-refractivity contribution in [3.8, 4) is 28.6 Å². The summed E-state index contributed by atoms with van der Waals surface area (Å²) in [6.45, 7) is 3.08. The van der Waals surface area contributed by atoms with Gasteiger partial charge in [0.05, 0.1) is 50.0 Å². The molecule has 6 rings (SSSR count). The van der Waals surface area contributed by atoms with E-state index in [1.807, 2.05) is 0 Å². The second kappa shape index (κ2) is 11.6. The molecule has 0 saturated heterocycles. The SMILES string of the molecule is Cc1cc(-c2cc(Cl)ccc2OCCn2c(C)nc3cc(C(F)(F)F)c(-n4cccn4)c(C#N)c3c2=O)c2scc(C(=O)O)c2n1. The highest BCUT2D eigenvalue weighted by atomic mass is 35.5. The molecule has 0 fully saturated rings. The fraction of sp³-hybridized carbons (Fsp3) is 0.161. The summed E-state index contributed by atoms with van der Waals surface area (Å²) in [6.07, 6.45) is -2.33. The fourth-order valence-corrected chi connectivity index (χ4v) is 6.46. The lowest BCUT2D eigenvalue weighted by Gasteiger charge is -2.18. The Morgan fingerprint density at radius 1 is 1.17 bits per heavy atom. The first-order chi connectivity index (χ1) is 21.9. The Morgan fingerprint density at radius 2 is 1.96 bits per heavy atom. The van der Waals surface area contributed by atoms with Crippen molar-refractivity contribution in [1.82, 2.24) is 24.3 Å². The lowest BCUT2D eigenvalue weighted by atomic mass is 10.0. The van der Waals surface area contributed by atoms with Gasteiger partial charge in [0, 0.05) is 39.6 Å². The van der Waals surface area contributed by atoms with E-state index in [9.17, 15) is 33.1 Å². The summed E-state index contributed by atoms with van der Waals surface area (Å²) in [5.41, 5.74) is -0.999. The Morgan fingerprint density at radius 3 is 2.63 bits per heavy atom. The maximum atomic E-state index is 14.1. The third-order valence-corrected chi connectivity index (χ3v) is 8.48. The Bertz CT molecular complexity index is 2290. The van der Waals surface area contributed by atoms with Gasteiger partial charge in [-0.05, 0) is 50.2 Å². The van der Waals surface area contributed by atoms with Gasteiger partial charge in [-0.2, -0.15) is 23.5 Å². The van der Waals surface area contributed by atoms with Gasteiger partial charge in [0.15, 0.2) is 0 Å². The van der Waals surface area contributed by atoms with Gasteiger partial charge in [-0.25, -0.2) is 14.5 Å². The number of carbonyl (C=O) groups is 1. The number of aromatic nitrogens is 5. The molecule has 0 atom stereocenters. The van der Waals surface area contributed by atoms with E-state index >= 15 is 0 Å². The van der Waals surface area contributed by atoms with Crippen molar-refractivity contribution in [1.29, 1.82) is 5.26 Å². The van der Waals surface area contributed by atoms with E-state index in [1.165, 1.54) is 46.7 Å². The molecule has 46 heavy (non-hydrogen) atoms. The van der Waals surface area contributed by atoms with E-state index in [4.69, 9.17) is 16.3 Å². The molecular weight excluding hydrogens is 645 g/mol. The zero-order valence-electron chi connectivity index (χ0n) is 23.9. The average molecular weight is 665 g/mol. The summed E-state index contributed by atoms with van der Waals surface area (Å²) >= 11 is 7.56. The minimum Gasteiger partial charge on any atom is -0.491 e. The molecule has 4 aromatic heterocycles. The number of alkyl halides is 3. The molecule has 0 aliphatic carbocycles. The standard InChI is InChI=1S/C31H20ClF3N6O4S/c1-15-10-19(28-26(38-15)21(14-46-28)30(43)44)18-11-17(32)4-5-24(18)45-9-8-40-16(2)39-23-12-22(31(33,34)35)27(41-7-3-6-37-41)20(13-36)25(23)29(40)42/h3-7,10-12,14H,8-9H2,1-2H3,(H,43,44). The van der Waals surface area contributed by atoms with Crippen LogP contribution < -0.4 is 10.3 Å². The maximum Gasteiger partial charge on any atom is 0.418 e. The van der Waals surface area contributed by atoms with E-state index in [-0.39, 0.29) is 35.4 Å². The van der Waals surface area contributed by atoms with E-state index < -0.39 is 34.5 Å². The van der Waals surface area contributed by atoms with Crippen LogP contribution in [0.25, 0.3) is 37.9 Å². The normalized spacial score (nSPS) is 11.7. The summed E-state index contributed by atoms with van der Waals surface area (Å²) in [4.78, 5) is 34.2. The first-order valence-corrected chi connectivity index (χ1v) is 14.7. The van der Waals surface area contributed by atoms with Crippen LogP contribution in [0.1, 0.15) is 33.0 Å². The van der Waals surface area contributed by atoms with Crippen LogP contribution in [-0.2, 0) is 12.7 Å². The van der Waals surface area contributed by atoms with Crippen molar-refractivity contribution in [3.05, 3.63) is 97.8 Å². The molecule has 15 heteroatoms. The maximum absolute atomic E-state index is 14.1. The number of hydrogen-bond donors (Lipinski definition) is 1. The third kappa shape index (κ3) is 5.33. The number of thiophene rings is 1. The van der Waals surface area contributed by atoms with Gasteiger partial charge in [-0.3, -0.25) is 14.3 Å². The highest BCUT2D eigenvalue weighted by Gasteiger charge is 2.37. The lowest BCUT2D eigenvalue weighted by Crippen LogP contribution is -2.28. The van der Waals surface area contributed by atoms with E-state index in [2.05, 4.69) is 15.1 Å². The van der Waals surface area contributed by atoms with Crippen LogP contribution in [0.4, 0.5) is 13.2 Å². The summed E-state index contributed by atoms with van der Waals surface area (Å²) in [7, 11) is 0. The first-order valence-electron chi connectivity index (χ1n) is 13.5. The van der Waals surface area contributed by atoms with Crippen LogP contribution >= 0.6 is 22.9 Å². The second-order valence-corrected chi connectivity index (χ2v) is 11.5. The molecule has 10 nitrogen and oxygen atoms in total. The van der Waals surface area contributed by atoms with Crippen LogP contribution in [-0.4, -0.2) is 42.0 Å². The highest BCUT2D eigenvalue weighted by Crippen LogP contribution is 2.41. The molecule has 0 amide bonds. The molecule has 4 heterocycles. The van der Waals surface area contributed by atoms with Crippen molar-refractivity contribution >= 4 is 50.0 Å². The Labute approximate surface area is 266 Å². The predicted octanol–water partition coefficient (Wildman–Crippen LogP) is 6.80. The number of fused-ring (bicyclic) bond motifs is 2. The minimum absolute atomic E-state index is 0.0639. The Hall–Kier alpha value is -5.26. The van der Waals surface area contributed by atoms with Crippen LogP contribution in [0.2, 0.25) is 5.02 Å². The monoisotopic (exact) mass is 664 g/mol. The van der Waals surface area contributed by atoms with Gasteiger partial charge in [-0.15, -0.1) is 11.3 Å². The molecule has 232 valence electrons. The fourth-order valence-electron chi connectivity index (χ4n) is 5.28. The van der Waals surface area contributed by atoms with Gasteiger partial charge in [0.25, 0.3) is 5.56 Å². The third-order valence-electron chi connectivity index (χ3n) is 7.25. The number of benzene rings is 2. The van der Waals surface area contributed by atoms with Crippen LogP contribution in [0, 0.1) is 25.2 Å². The van der Waals surface area contributed by atoms with Crippen molar-refractivity contribution in [3.63, 3.8) is 0 Å². The smallest absolute Gasteiger partial charge is 0.418 e. The summed E-state index contributed by atoms with van der Waals surface area (Å²) in [6, 6.07) is 10.6. The molecule has 2 aromatic carbocycles. The second-order valence-electron chi connectivity index (χ2n) is 10.2. The Balaban J connectivity index is 1.40. The van der Waals surface area contributed by atoms with Gasteiger partial charge in [0.2, 0.25) is 0 Å². The molecule has 1 N–H and O–H groups in total. The molecule has 6 aromatic rings. The van der Waals surface area contributed by atoms with E-state index in [0.29, 0.717) is 37.8 Å². The zero-order valence-corrected chi connectivity index (χ0v) is 25.5. The van der Waals surface area contributed by atoms with Crippen LogP contribution in [0.3, 0.4) is 0 Å². The van der Waals surface area contributed by atoms with Gasteiger partial charge in [0.1, 0.15) is 24.3 Å². The van der Waals surface area contributed by atoms with Crippen molar-refractivity contribution in [2.45, 2.75) is 26.6 Å². The summed E-state index contributed by atoms with van der Waals surface area (Å²) < 4.78 is 51.2. The number of pyridine rings is 1.